The molecule has 1 unspecified atom stereocenters. The van der Waals surface area contributed by atoms with Gasteiger partial charge in [-0.15, -0.1) is 0 Å². The van der Waals surface area contributed by atoms with E-state index in [2.05, 4.69) is 0 Å². The van der Waals surface area contributed by atoms with E-state index in [0.29, 0.717) is 38.3 Å². The fourth-order valence-electron chi connectivity index (χ4n) is 2.94. The van der Waals surface area contributed by atoms with Crippen molar-refractivity contribution in [1.82, 2.24) is 4.90 Å². The summed E-state index contributed by atoms with van der Waals surface area (Å²) in [6.07, 6.45) is 2.76. The van der Waals surface area contributed by atoms with E-state index >= 15 is 0 Å². The van der Waals surface area contributed by atoms with Gasteiger partial charge in [0.15, 0.2) is 0 Å². The number of aliphatic hydroxyl groups excluding tert-OH is 1. The fraction of sp³-hybridized carbons (Fsp3) is 0.857. The van der Waals surface area contributed by atoms with Crippen molar-refractivity contribution < 1.29 is 19.8 Å². The van der Waals surface area contributed by atoms with Crippen molar-refractivity contribution in [3.8, 4) is 0 Å². The first-order valence-electron chi connectivity index (χ1n) is 7.17. The highest BCUT2D eigenvalue weighted by atomic mass is 16.4. The Labute approximate surface area is 114 Å². The molecule has 5 nitrogen and oxygen atoms in total. The quantitative estimate of drug-likeness (QED) is 0.733. The van der Waals surface area contributed by atoms with Crippen LogP contribution in [0.25, 0.3) is 0 Å². The first-order chi connectivity index (χ1) is 9.04. The molecule has 1 amide bonds. The molecular formula is C14H25NO4. The van der Waals surface area contributed by atoms with E-state index in [1.54, 1.807) is 4.90 Å². The van der Waals surface area contributed by atoms with Crippen LogP contribution in [-0.4, -0.2) is 46.7 Å². The maximum atomic E-state index is 12.4. The van der Waals surface area contributed by atoms with Crippen LogP contribution in [0.2, 0.25) is 0 Å². The number of hydrogen-bond acceptors (Lipinski definition) is 3. The number of hydrogen-bond donors (Lipinski definition) is 2. The van der Waals surface area contributed by atoms with Crippen LogP contribution in [0.5, 0.6) is 0 Å². The monoisotopic (exact) mass is 271 g/mol. The molecule has 1 aliphatic carbocycles. The van der Waals surface area contributed by atoms with E-state index in [1.807, 2.05) is 13.8 Å². The van der Waals surface area contributed by atoms with E-state index < -0.39 is 11.9 Å². The topological polar surface area (TPSA) is 77.8 Å². The highest BCUT2D eigenvalue weighted by Crippen LogP contribution is 2.39. The Morgan fingerprint density at radius 2 is 1.84 bits per heavy atom. The van der Waals surface area contributed by atoms with E-state index in [4.69, 9.17) is 5.11 Å². The molecule has 5 heteroatoms. The van der Waals surface area contributed by atoms with E-state index in [0.717, 1.165) is 6.42 Å². The van der Waals surface area contributed by atoms with Gasteiger partial charge in [0, 0.05) is 19.7 Å². The summed E-state index contributed by atoms with van der Waals surface area (Å²) < 4.78 is 0. The standard InChI is InChI=1S/C14H25NO4/c1-3-10-8-11(12(9-10)14(18)19)13(17)15(4-2)6-5-7-16/h10-12,16H,3-9H2,1-2H3,(H,18,19)/t10?,11-,12+/m0/s1. The first-order valence-corrected chi connectivity index (χ1v) is 7.17. The molecule has 1 rings (SSSR count). The summed E-state index contributed by atoms with van der Waals surface area (Å²) in [5.74, 6) is -1.50. The van der Waals surface area contributed by atoms with Crippen LogP contribution in [0.3, 0.4) is 0 Å². The third-order valence-corrected chi connectivity index (χ3v) is 4.15. The van der Waals surface area contributed by atoms with Crippen molar-refractivity contribution in [3.05, 3.63) is 0 Å². The van der Waals surface area contributed by atoms with Crippen molar-refractivity contribution in [1.29, 1.82) is 0 Å². The average molecular weight is 271 g/mol. The SMILES string of the molecule is CCC1C[C@H](C(=O)N(CC)CCCO)[C@H](C(=O)O)C1. The first kappa shape index (κ1) is 16.0. The summed E-state index contributed by atoms with van der Waals surface area (Å²) in [5.41, 5.74) is 0. The second kappa shape index (κ2) is 7.48. The molecule has 0 aliphatic heterocycles. The number of carboxylic acid groups (broad SMARTS) is 1. The predicted octanol–water partition coefficient (Wildman–Crippen LogP) is 1.35. The predicted molar refractivity (Wildman–Crippen MR) is 71.6 cm³/mol. The van der Waals surface area contributed by atoms with Gasteiger partial charge in [-0.2, -0.15) is 0 Å². The molecule has 3 atom stereocenters. The van der Waals surface area contributed by atoms with Gasteiger partial charge in [0.05, 0.1) is 11.8 Å². The lowest BCUT2D eigenvalue weighted by molar-refractivity contribution is -0.149. The molecule has 110 valence electrons. The van der Waals surface area contributed by atoms with Crippen LogP contribution in [0.15, 0.2) is 0 Å². The molecule has 0 aromatic rings. The molecule has 0 saturated heterocycles. The molecule has 0 spiro atoms. The maximum Gasteiger partial charge on any atom is 0.307 e. The van der Waals surface area contributed by atoms with Gasteiger partial charge in [-0.05, 0) is 32.1 Å². The molecule has 0 bridgehead atoms. The molecule has 0 radical (unpaired) electrons. The minimum absolute atomic E-state index is 0.0500. The van der Waals surface area contributed by atoms with Gasteiger partial charge < -0.3 is 15.1 Å². The second-order valence-electron chi connectivity index (χ2n) is 5.29. The Kier molecular flexibility index (Phi) is 6.28. The molecule has 1 aliphatic rings. The largest absolute Gasteiger partial charge is 0.481 e. The molecule has 0 aromatic heterocycles. The van der Waals surface area contributed by atoms with Gasteiger partial charge >= 0.3 is 5.97 Å². The highest BCUT2D eigenvalue weighted by Gasteiger charge is 2.43. The molecular weight excluding hydrogens is 246 g/mol. The lowest BCUT2D eigenvalue weighted by atomic mass is 9.94. The Morgan fingerprint density at radius 3 is 2.32 bits per heavy atom. The van der Waals surface area contributed by atoms with Gasteiger partial charge in [-0.3, -0.25) is 9.59 Å². The molecule has 0 aromatic carbocycles. The summed E-state index contributed by atoms with van der Waals surface area (Å²) in [4.78, 5) is 25.4. The van der Waals surface area contributed by atoms with Gasteiger partial charge in [0.1, 0.15) is 0 Å². The highest BCUT2D eigenvalue weighted by molar-refractivity contribution is 5.85. The second-order valence-corrected chi connectivity index (χ2v) is 5.29. The van der Waals surface area contributed by atoms with Crippen molar-refractivity contribution in [2.75, 3.05) is 19.7 Å². The average Bonchev–Trinajstić information content (AvgIpc) is 2.83. The van der Waals surface area contributed by atoms with E-state index in [-0.39, 0.29) is 18.4 Å². The zero-order valence-electron chi connectivity index (χ0n) is 11.8. The number of nitrogens with zero attached hydrogens (tertiary/aromatic N) is 1. The van der Waals surface area contributed by atoms with E-state index in [9.17, 15) is 14.7 Å². The molecule has 19 heavy (non-hydrogen) atoms. The lowest BCUT2D eigenvalue weighted by Crippen LogP contribution is -2.39. The van der Waals surface area contributed by atoms with Gasteiger partial charge in [-0.25, -0.2) is 0 Å². The third-order valence-electron chi connectivity index (χ3n) is 4.15. The Hall–Kier alpha value is -1.10. The Morgan fingerprint density at radius 1 is 1.21 bits per heavy atom. The van der Waals surface area contributed by atoms with Crippen molar-refractivity contribution in [2.24, 2.45) is 17.8 Å². The van der Waals surface area contributed by atoms with Gasteiger partial charge in [0.2, 0.25) is 5.91 Å². The Bertz CT molecular complexity index is 319. The number of rotatable bonds is 7. The number of aliphatic hydroxyl groups is 1. The molecule has 2 N–H and O–H groups in total. The Balaban J connectivity index is 2.74. The van der Waals surface area contributed by atoms with Crippen LogP contribution in [-0.2, 0) is 9.59 Å². The number of carbonyl (C=O) groups is 2. The zero-order chi connectivity index (χ0) is 14.4. The van der Waals surface area contributed by atoms with Crippen LogP contribution in [0.1, 0.15) is 39.5 Å². The van der Waals surface area contributed by atoms with Crippen LogP contribution >= 0.6 is 0 Å². The van der Waals surface area contributed by atoms with E-state index in [1.165, 1.54) is 0 Å². The zero-order valence-corrected chi connectivity index (χ0v) is 11.8. The van der Waals surface area contributed by atoms with Crippen LogP contribution in [0.4, 0.5) is 0 Å². The third kappa shape index (κ3) is 3.93. The fourth-order valence-corrected chi connectivity index (χ4v) is 2.94. The minimum atomic E-state index is -0.854. The smallest absolute Gasteiger partial charge is 0.307 e. The number of amides is 1. The van der Waals surface area contributed by atoms with Crippen molar-refractivity contribution in [2.45, 2.75) is 39.5 Å². The summed E-state index contributed by atoms with van der Waals surface area (Å²) in [7, 11) is 0. The summed E-state index contributed by atoms with van der Waals surface area (Å²) in [6.45, 7) is 5.05. The minimum Gasteiger partial charge on any atom is -0.481 e. The van der Waals surface area contributed by atoms with Crippen LogP contribution < -0.4 is 0 Å². The number of aliphatic carboxylic acids is 1. The number of carboxylic acids is 1. The number of carbonyl (C=O) groups excluding carboxylic acids is 1. The van der Waals surface area contributed by atoms with Crippen molar-refractivity contribution >= 4 is 11.9 Å². The molecule has 0 heterocycles. The van der Waals surface area contributed by atoms with Crippen LogP contribution in [0, 0.1) is 17.8 Å². The summed E-state index contributed by atoms with van der Waals surface area (Å²) in [5, 5.41) is 18.1. The molecule has 1 fully saturated rings. The lowest BCUT2D eigenvalue weighted by Gasteiger charge is -2.26. The van der Waals surface area contributed by atoms with Crippen molar-refractivity contribution in [3.63, 3.8) is 0 Å². The maximum absolute atomic E-state index is 12.4. The summed E-state index contributed by atoms with van der Waals surface area (Å²) >= 11 is 0. The summed E-state index contributed by atoms with van der Waals surface area (Å²) in [6, 6.07) is 0. The van der Waals surface area contributed by atoms with Gasteiger partial charge in [0.25, 0.3) is 0 Å². The molecule has 1 saturated carbocycles. The van der Waals surface area contributed by atoms with Gasteiger partial charge in [-0.1, -0.05) is 13.3 Å². The normalized spacial score (nSPS) is 26.4.